The van der Waals surface area contributed by atoms with Gasteiger partial charge in [0.2, 0.25) is 0 Å². The van der Waals surface area contributed by atoms with Crippen molar-refractivity contribution < 1.29 is 33.3 Å². The molecule has 3 aromatic rings. The van der Waals surface area contributed by atoms with Crippen LogP contribution in [0, 0.1) is 0 Å². The number of hydrogen-bond donors (Lipinski definition) is 0. The third kappa shape index (κ3) is 7.25. The molecule has 1 aliphatic heterocycles. The lowest BCUT2D eigenvalue weighted by Gasteiger charge is -2.29. The maximum atomic E-state index is 12.8. The number of fused-ring (bicyclic) bond motifs is 1. The van der Waals surface area contributed by atoms with Gasteiger partial charge in [0.15, 0.2) is 6.61 Å². The average Bonchev–Trinajstić information content (AvgIpc) is 2.94. The van der Waals surface area contributed by atoms with Crippen LogP contribution in [0.4, 0.5) is 10.5 Å². The van der Waals surface area contributed by atoms with E-state index in [2.05, 4.69) is 0 Å². The largest absolute Gasteiger partial charge is 0.492 e. The molecule has 0 saturated carbocycles. The highest BCUT2D eigenvalue weighted by Crippen LogP contribution is 2.31. The predicted octanol–water partition coefficient (Wildman–Crippen LogP) is 4.19. The van der Waals surface area contributed by atoms with Crippen molar-refractivity contribution in [1.29, 1.82) is 0 Å². The Kier molecular flexibility index (Phi) is 9.17. The molecular formula is C29H30N2O7. The Balaban J connectivity index is 1.32. The SMILES string of the molecule is CCOC(=O)CN(Cc1ccc(OCCN2C(=O)COc3ccccc32)cc1)C(=O)OCc1ccccc1. The molecule has 0 saturated heterocycles. The summed E-state index contributed by atoms with van der Waals surface area (Å²) in [5.41, 5.74) is 2.36. The van der Waals surface area contributed by atoms with E-state index in [1.54, 1.807) is 24.0 Å². The van der Waals surface area contributed by atoms with Crippen molar-refractivity contribution >= 4 is 23.7 Å². The maximum absolute atomic E-state index is 12.8. The zero-order chi connectivity index (χ0) is 26.7. The van der Waals surface area contributed by atoms with Crippen molar-refractivity contribution in [3.63, 3.8) is 0 Å². The Bertz CT molecular complexity index is 1230. The van der Waals surface area contributed by atoms with E-state index in [9.17, 15) is 14.4 Å². The van der Waals surface area contributed by atoms with Crippen LogP contribution >= 0.6 is 0 Å². The first-order chi connectivity index (χ1) is 18.5. The number of para-hydroxylation sites is 2. The Hall–Kier alpha value is -4.53. The quantitative estimate of drug-likeness (QED) is 0.351. The molecule has 0 N–H and O–H groups in total. The molecule has 3 aromatic carbocycles. The summed E-state index contributed by atoms with van der Waals surface area (Å²) in [7, 11) is 0. The van der Waals surface area contributed by atoms with E-state index in [0.29, 0.717) is 24.7 Å². The first kappa shape index (κ1) is 26.5. The Morgan fingerprint density at radius 2 is 1.66 bits per heavy atom. The first-order valence-corrected chi connectivity index (χ1v) is 12.4. The van der Waals surface area contributed by atoms with Crippen LogP contribution < -0.4 is 14.4 Å². The highest BCUT2D eigenvalue weighted by atomic mass is 16.6. The Labute approximate surface area is 221 Å². The van der Waals surface area contributed by atoms with Gasteiger partial charge in [0.05, 0.1) is 18.8 Å². The van der Waals surface area contributed by atoms with Crippen LogP contribution in [0.25, 0.3) is 0 Å². The Morgan fingerprint density at radius 1 is 0.921 bits per heavy atom. The second-order valence-corrected chi connectivity index (χ2v) is 8.50. The number of nitrogens with zero attached hydrogens (tertiary/aromatic N) is 2. The first-order valence-electron chi connectivity index (χ1n) is 12.4. The Morgan fingerprint density at radius 3 is 2.42 bits per heavy atom. The van der Waals surface area contributed by atoms with Crippen LogP contribution in [0.5, 0.6) is 11.5 Å². The van der Waals surface area contributed by atoms with Crippen LogP contribution in [0.2, 0.25) is 0 Å². The molecule has 9 nitrogen and oxygen atoms in total. The lowest BCUT2D eigenvalue weighted by Crippen LogP contribution is -2.41. The van der Waals surface area contributed by atoms with E-state index in [0.717, 1.165) is 16.8 Å². The van der Waals surface area contributed by atoms with Gasteiger partial charge in [0.1, 0.15) is 31.3 Å². The van der Waals surface area contributed by atoms with Gasteiger partial charge in [-0.3, -0.25) is 14.5 Å². The van der Waals surface area contributed by atoms with Gasteiger partial charge in [-0.15, -0.1) is 0 Å². The summed E-state index contributed by atoms with van der Waals surface area (Å²) in [6.07, 6.45) is -0.613. The van der Waals surface area contributed by atoms with Crippen molar-refractivity contribution in [3.8, 4) is 11.5 Å². The standard InChI is InChI=1S/C29H30N2O7/c1-2-35-28(33)19-30(29(34)38-20-23-8-4-3-5-9-23)18-22-12-14-24(15-13-22)36-17-16-31-25-10-6-7-11-26(25)37-21-27(31)32/h3-15H,2,16-21H2,1H3. The molecule has 2 amide bonds. The second kappa shape index (κ2) is 13.1. The van der Waals surface area contributed by atoms with Crippen molar-refractivity contribution in [2.24, 2.45) is 0 Å². The topological polar surface area (TPSA) is 94.6 Å². The van der Waals surface area contributed by atoms with E-state index in [4.69, 9.17) is 18.9 Å². The second-order valence-electron chi connectivity index (χ2n) is 8.50. The van der Waals surface area contributed by atoms with Gasteiger partial charge in [0.25, 0.3) is 5.91 Å². The molecule has 1 heterocycles. The molecule has 9 heteroatoms. The molecule has 0 aromatic heterocycles. The van der Waals surface area contributed by atoms with E-state index in [-0.39, 0.29) is 38.8 Å². The van der Waals surface area contributed by atoms with E-state index in [1.165, 1.54) is 4.90 Å². The summed E-state index contributed by atoms with van der Waals surface area (Å²) in [4.78, 5) is 40.1. The number of carbonyl (C=O) groups is 3. The van der Waals surface area contributed by atoms with Crippen molar-refractivity contribution in [3.05, 3.63) is 90.0 Å². The number of carbonyl (C=O) groups excluding carboxylic acids is 3. The van der Waals surface area contributed by atoms with Crippen LogP contribution in [-0.2, 0) is 32.2 Å². The minimum Gasteiger partial charge on any atom is -0.492 e. The van der Waals surface area contributed by atoms with Crippen LogP contribution in [0.3, 0.4) is 0 Å². The molecule has 38 heavy (non-hydrogen) atoms. The van der Waals surface area contributed by atoms with Crippen LogP contribution in [0.15, 0.2) is 78.9 Å². The summed E-state index contributed by atoms with van der Waals surface area (Å²) in [5.74, 6) is 0.657. The van der Waals surface area contributed by atoms with Gasteiger partial charge in [-0.05, 0) is 42.3 Å². The van der Waals surface area contributed by atoms with Gasteiger partial charge < -0.3 is 23.8 Å². The third-order valence-electron chi connectivity index (χ3n) is 5.78. The van der Waals surface area contributed by atoms with E-state index < -0.39 is 12.1 Å². The molecule has 0 unspecified atom stereocenters. The number of ether oxygens (including phenoxy) is 4. The monoisotopic (exact) mass is 518 g/mol. The lowest BCUT2D eigenvalue weighted by molar-refractivity contribution is -0.144. The molecule has 0 radical (unpaired) electrons. The predicted molar refractivity (Wildman–Crippen MR) is 140 cm³/mol. The maximum Gasteiger partial charge on any atom is 0.410 e. The minimum absolute atomic E-state index is 0.00178. The van der Waals surface area contributed by atoms with Crippen molar-refractivity contribution in [2.75, 3.05) is 37.8 Å². The number of rotatable bonds is 11. The fraction of sp³-hybridized carbons (Fsp3) is 0.276. The molecule has 0 aliphatic carbocycles. The summed E-state index contributed by atoms with van der Waals surface area (Å²) < 4.78 is 21.8. The van der Waals surface area contributed by atoms with Gasteiger partial charge in [-0.1, -0.05) is 54.6 Å². The molecule has 0 fully saturated rings. The lowest BCUT2D eigenvalue weighted by atomic mass is 10.2. The smallest absolute Gasteiger partial charge is 0.410 e. The molecular weight excluding hydrogens is 488 g/mol. The highest BCUT2D eigenvalue weighted by molar-refractivity contribution is 5.97. The third-order valence-corrected chi connectivity index (χ3v) is 5.78. The highest BCUT2D eigenvalue weighted by Gasteiger charge is 2.25. The molecule has 0 spiro atoms. The zero-order valence-electron chi connectivity index (χ0n) is 21.2. The number of esters is 1. The van der Waals surface area contributed by atoms with Gasteiger partial charge in [-0.2, -0.15) is 0 Å². The number of hydrogen-bond acceptors (Lipinski definition) is 7. The van der Waals surface area contributed by atoms with Crippen LogP contribution in [0.1, 0.15) is 18.1 Å². The van der Waals surface area contributed by atoms with Gasteiger partial charge in [-0.25, -0.2) is 4.79 Å². The summed E-state index contributed by atoms with van der Waals surface area (Å²) in [5, 5.41) is 0. The van der Waals surface area contributed by atoms with E-state index >= 15 is 0 Å². The van der Waals surface area contributed by atoms with E-state index in [1.807, 2.05) is 66.7 Å². The normalized spacial score (nSPS) is 12.2. The van der Waals surface area contributed by atoms with Crippen LogP contribution in [-0.4, -0.2) is 55.8 Å². The molecule has 0 bridgehead atoms. The number of anilines is 1. The molecule has 1 aliphatic rings. The molecule has 198 valence electrons. The van der Waals surface area contributed by atoms with Gasteiger partial charge >= 0.3 is 12.1 Å². The zero-order valence-corrected chi connectivity index (χ0v) is 21.2. The molecule has 0 atom stereocenters. The van der Waals surface area contributed by atoms with Gasteiger partial charge in [0, 0.05) is 6.54 Å². The average molecular weight is 519 g/mol. The molecule has 4 rings (SSSR count). The number of amides is 2. The van der Waals surface area contributed by atoms with Crippen molar-refractivity contribution in [2.45, 2.75) is 20.1 Å². The minimum atomic E-state index is -0.613. The summed E-state index contributed by atoms with van der Waals surface area (Å²) in [6, 6.07) is 23.9. The fourth-order valence-electron chi connectivity index (χ4n) is 3.92. The number of benzene rings is 3. The fourth-order valence-corrected chi connectivity index (χ4v) is 3.92. The summed E-state index contributed by atoms with van der Waals surface area (Å²) in [6.45, 7) is 2.63. The van der Waals surface area contributed by atoms with Crippen molar-refractivity contribution in [1.82, 2.24) is 4.90 Å². The summed E-state index contributed by atoms with van der Waals surface area (Å²) >= 11 is 0.